The van der Waals surface area contributed by atoms with E-state index in [9.17, 15) is 14.7 Å². The molecule has 0 radical (unpaired) electrons. The molecule has 0 atom stereocenters. The van der Waals surface area contributed by atoms with Crippen LogP contribution in [0.3, 0.4) is 0 Å². The Morgan fingerprint density at radius 3 is 2.17 bits per heavy atom. The fraction of sp³-hybridized carbons (Fsp3) is 0. The largest absolute Gasteiger partial charge is 0.506 e. The van der Waals surface area contributed by atoms with Crippen LogP contribution < -0.4 is 0 Å². The van der Waals surface area contributed by atoms with Crippen molar-refractivity contribution in [2.45, 2.75) is 0 Å². The number of aromatic hydroxyl groups is 1. The highest BCUT2D eigenvalue weighted by Crippen LogP contribution is 2.40. The predicted octanol–water partition coefficient (Wildman–Crippen LogP) is 2.54. The van der Waals surface area contributed by atoms with Gasteiger partial charge in [0.15, 0.2) is 11.4 Å². The van der Waals surface area contributed by atoms with E-state index in [1.54, 1.807) is 0 Å². The number of rotatable bonds is 0. The number of ketones is 2. The van der Waals surface area contributed by atoms with Crippen LogP contribution in [0.2, 0.25) is 0 Å². The number of carbonyl (C=O) groups is 2. The highest BCUT2D eigenvalue weighted by atomic mass is 79.9. The van der Waals surface area contributed by atoms with Gasteiger partial charge in [-0.25, -0.2) is 0 Å². The van der Waals surface area contributed by atoms with Crippen molar-refractivity contribution in [3.8, 4) is 5.75 Å². The van der Waals surface area contributed by atoms with E-state index < -0.39 is 11.6 Å². The Bertz CT molecular complexity index is 726. The molecule has 1 aromatic heterocycles. The van der Waals surface area contributed by atoms with E-state index in [0.29, 0.717) is 8.95 Å². The van der Waals surface area contributed by atoms with Crippen LogP contribution in [0.5, 0.6) is 5.75 Å². The first-order valence-electron chi connectivity index (χ1n) is 4.65. The first kappa shape index (κ1) is 11.9. The number of benzene rings is 1. The van der Waals surface area contributed by atoms with Crippen LogP contribution in [0.15, 0.2) is 15.0 Å². The molecule has 0 saturated carbocycles. The minimum atomic E-state index is -0.493. The zero-order valence-electron chi connectivity index (χ0n) is 8.40. The monoisotopic (exact) mass is 388 g/mol. The molecule has 8 heteroatoms. The highest BCUT2D eigenvalue weighted by molar-refractivity contribution is 9.11. The summed E-state index contributed by atoms with van der Waals surface area (Å²) in [6.07, 6.45) is 0. The summed E-state index contributed by atoms with van der Waals surface area (Å²) in [4.78, 5) is 24.4. The number of nitrogens with zero attached hydrogens (tertiary/aromatic N) is 2. The zero-order chi connectivity index (χ0) is 13.0. The van der Waals surface area contributed by atoms with Crippen LogP contribution >= 0.6 is 43.6 Å². The molecule has 0 spiro atoms. The third-order valence-corrected chi connectivity index (χ3v) is 4.34. The Labute approximate surface area is 121 Å². The summed E-state index contributed by atoms with van der Waals surface area (Å²) in [6, 6.07) is 1.52. The summed E-state index contributed by atoms with van der Waals surface area (Å²) in [5.41, 5.74) is 0.125. The van der Waals surface area contributed by atoms with E-state index in [2.05, 4.69) is 40.6 Å². The molecule has 3 rings (SSSR count). The summed E-state index contributed by atoms with van der Waals surface area (Å²) in [7, 11) is 0. The van der Waals surface area contributed by atoms with Crippen molar-refractivity contribution < 1.29 is 14.7 Å². The van der Waals surface area contributed by atoms with Crippen molar-refractivity contribution in [2.24, 2.45) is 0 Å². The molecule has 1 N–H and O–H groups in total. The SMILES string of the molecule is O=C1c2nsnc2C(=O)c2c(O)c(Br)cc(Br)c21. The average Bonchev–Trinajstić information content (AvgIpc) is 2.80. The smallest absolute Gasteiger partial charge is 0.219 e. The maximum Gasteiger partial charge on any atom is 0.219 e. The molecule has 0 aliphatic heterocycles. The van der Waals surface area contributed by atoms with Gasteiger partial charge in [-0.3, -0.25) is 9.59 Å². The maximum atomic E-state index is 12.2. The van der Waals surface area contributed by atoms with Gasteiger partial charge in [-0.05, 0) is 37.9 Å². The molecule has 1 aliphatic carbocycles. The minimum absolute atomic E-state index is 0.00204. The van der Waals surface area contributed by atoms with Gasteiger partial charge in [0.1, 0.15) is 5.75 Å². The molecule has 2 aromatic rings. The Kier molecular flexibility index (Phi) is 2.61. The van der Waals surface area contributed by atoms with Crippen LogP contribution in [-0.4, -0.2) is 25.4 Å². The van der Waals surface area contributed by atoms with E-state index in [1.165, 1.54) is 6.07 Å². The van der Waals surface area contributed by atoms with E-state index in [-0.39, 0.29) is 28.3 Å². The van der Waals surface area contributed by atoms with Crippen LogP contribution in [0.25, 0.3) is 0 Å². The third kappa shape index (κ3) is 1.42. The van der Waals surface area contributed by atoms with Crippen molar-refractivity contribution in [2.75, 3.05) is 0 Å². The van der Waals surface area contributed by atoms with Crippen LogP contribution in [0.1, 0.15) is 32.1 Å². The van der Waals surface area contributed by atoms with E-state index in [1.807, 2.05) is 0 Å². The van der Waals surface area contributed by atoms with E-state index in [0.717, 1.165) is 11.7 Å². The Balaban J connectivity index is 2.43. The Morgan fingerprint density at radius 2 is 1.56 bits per heavy atom. The first-order valence-corrected chi connectivity index (χ1v) is 6.97. The van der Waals surface area contributed by atoms with Gasteiger partial charge in [-0.1, -0.05) is 0 Å². The molecule has 0 saturated heterocycles. The molecular formula is C10H2Br2N2O3S. The quantitative estimate of drug-likeness (QED) is 0.639. The van der Waals surface area contributed by atoms with Gasteiger partial charge in [0.2, 0.25) is 11.6 Å². The lowest BCUT2D eigenvalue weighted by Crippen LogP contribution is -2.21. The molecule has 1 aromatic carbocycles. The van der Waals surface area contributed by atoms with Gasteiger partial charge in [-0.15, -0.1) is 0 Å². The molecule has 0 fully saturated rings. The summed E-state index contributed by atoms with van der Waals surface area (Å²) in [5, 5.41) is 9.93. The van der Waals surface area contributed by atoms with E-state index in [4.69, 9.17) is 0 Å². The first-order chi connectivity index (χ1) is 8.52. The number of phenols is 1. The maximum absolute atomic E-state index is 12.2. The van der Waals surface area contributed by atoms with Gasteiger partial charge < -0.3 is 5.11 Å². The zero-order valence-corrected chi connectivity index (χ0v) is 12.4. The lowest BCUT2D eigenvalue weighted by Gasteiger charge is -2.16. The summed E-state index contributed by atoms with van der Waals surface area (Å²) >= 11 is 7.14. The van der Waals surface area contributed by atoms with Crippen molar-refractivity contribution in [3.63, 3.8) is 0 Å². The lowest BCUT2D eigenvalue weighted by molar-refractivity contribution is 0.0971. The van der Waals surface area contributed by atoms with Crippen molar-refractivity contribution in [1.29, 1.82) is 0 Å². The van der Waals surface area contributed by atoms with Gasteiger partial charge in [0.05, 0.1) is 27.3 Å². The number of aromatic nitrogens is 2. The number of phenolic OH excluding ortho intramolecular Hbond substituents is 1. The topological polar surface area (TPSA) is 80.2 Å². The van der Waals surface area contributed by atoms with Crippen molar-refractivity contribution in [1.82, 2.24) is 8.75 Å². The summed E-state index contributed by atoms with van der Waals surface area (Å²) in [6.45, 7) is 0. The number of halogens is 2. The van der Waals surface area contributed by atoms with Gasteiger partial charge in [0, 0.05) is 4.47 Å². The summed E-state index contributed by atoms with van der Waals surface area (Å²) in [5.74, 6) is -1.17. The minimum Gasteiger partial charge on any atom is -0.506 e. The molecule has 0 unspecified atom stereocenters. The molecule has 1 heterocycles. The Hall–Kier alpha value is -1.12. The molecule has 90 valence electrons. The van der Waals surface area contributed by atoms with Gasteiger partial charge >= 0.3 is 0 Å². The number of carbonyl (C=O) groups excluding carboxylic acids is 2. The van der Waals surface area contributed by atoms with Crippen molar-refractivity contribution in [3.05, 3.63) is 37.5 Å². The second-order valence-corrected chi connectivity index (χ2v) is 5.80. The normalized spacial score (nSPS) is 13.4. The molecular weight excluding hydrogens is 388 g/mol. The van der Waals surface area contributed by atoms with Crippen LogP contribution in [0, 0.1) is 0 Å². The highest BCUT2D eigenvalue weighted by Gasteiger charge is 2.37. The Morgan fingerprint density at radius 1 is 1.00 bits per heavy atom. The predicted molar refractivity (Wildman–Crippen MR) is 70.3 cm³/mol. The molecule has 5 nitrogen and oxygen atoms in total. The molecule has 1 aliphatic rings. The lowest BCUT2D eigenvalue weighted by atomic mass is 9.89. The third-order valence-electron chi connectivity index (χ3n) is 2.58. The van der Waals surface area contributed by atoms with Crippen molar-refractivity contribution >= 4 is 55.2 Å². The molecule has 0 bridgehead atoms. The molecule has 18 heavy (non-hydrogen) atoms. The van der Waals surface area contributed by atoms with Crippen LogP contribution in [-0.2, 0) is 0 Å². The van der Waals surface area contributed by atoms with E-state index >= 15 is 0 Å². The standard InChI is InChI=1S/C10H2Br2N2O3S/c11-2-1-3(12)8(15)5-4(2)9(16)6-7(10(5)17)14-18-13-6/h1,15H. The number of hydrogen-bond donors (Lipinski definition) is 1. The summed E-state index contributed by atoms with van der Waals surface area (Å²) < 4.78 is 8.40. The fourth-order valence-electron chi connectivity index (χ4n) is 1.78. The second kappa shape index (κ2) is 3.94. The number of hydrogen-bond acceptors (Lipinski definition) is 6. The second-order valence-electron chi connectivity index (χ2n) is 3.56. The van der Waals surface area contributed by atoms with Crippen LogP contribution in [0.4, 0.5) is 0 Å². The van der Waals surface area contributed by atoms with Gasteiger partial charge in [-0.2, -0.15) is 8.75 Å². The fourth-order valence-corrected chi connectivity index (χ4v) is 3.66. The number of fused-ring (bicyclic) bond motifs is 2. The average molecular weight is 390 g/mol. The van der Waals surface area contributed by atoms with Gasteiger partial charge in [0.25, 0.3) is 0 Å². The molecule has 0 amide bonds.